The molecule has 1 aromatic carbocycles. The highest BCUT2D eigenvalue weighted by atomic mass is 16.3. The molecule has 0 saturated carbocycles. The first kappa shape index (κ1) is 15.2. The SMILES string of the molecule is CN(Cc1ccc(CO)cc1)C(CO)C(C)(C)C. The molecule has 0 aliphatic rings. The van der Waals surface area contributed by atoms with Crippen LogP contribution in [-0.2, 0) is 13.2 Å². The third-order valence-electron chi connectivity index (χ3n) is 3.34. The number of likely N-dealkylation sites (N-methyl/N-ethyl adjacent to an activating group) is 1. The highest BCUT2D eigenvalue weighted by molar-refractivity contribution is 5.21. The summed E-state index contributed by atoms with van der Waals surface area (Å²) in [5, 5.41) is 18.5. The molecule has 0 heterocycles. The van der Waals surface area contributed by atoms with Gasteiger partial charge in [-0.1, -0.05) is 45.0 Å². The normalized spacial score (nSPS) is 13.9. The van der Waals surface area contributed by atoms with E-state index in [-0.39, 0.29) is 24.7 Å². The van der Waals surface area contributed by atoms with E-state index in [2.05, 4.69) is 25.7 Å². The fourth-order valence-electron chi connectivity index (χ4n) is 2.22. The summed E-state index contributed by atoms with van der Waals surface area (Å²) in [5.74, 6) is 0. The lowest BCUT2D eigenvalue weighted by Crippen LogP contribution is -2.43. The zero-order chi connectivity index (χ0) is 13.8. The molecule has 0 aliphatic heterocycles. The lowest BCUT2D eigenvalue weighted by Gasteiger charge is -2.36. The summed E-state index contributed by atoms with van der Waals surface area (Å²) in [6.45, 7) is 7.46. The smallest absolute Gasteiger partial charge is 0.0681 e. The maximum absolute atomic E-state index is 9.52. The van der Waals surface area contributed by atoms with E-state index in [0.29, 0.717) is 0 Å². The Labute approximate surface area is 110 Å². The Hall–Kier alpha value is -0.900. The van der Waals surface area contributed by atoms with E-state index in [4.69, 9.17) is 5.11 Å². The molecule has 0 aromatic heterocycles. The van der Waals surface area contributed by atoms with Gasteiger partial charge in [0.25, 0.3) is 0 Å². The fourth-order valence-corrected chi connectivity index (χ4v) is 2.22. The lowest BCUT2D eigenvalue weighted by molar-refractivity contribution is 0.0614. The third kappa shape index (κ3) is 4.09. The van der Waals surface area contributed by atoms with Crippen molar-refractivity contribution in [3.63, 3.8) is 0 Å². The first-order valence-corrected chi connectivity index (χ1v) is 6.38. The number of hydrogen-bond acceptors (Lipinski definition) is 3. The summed E-state index contributed by atoms with van der Waals surface area (Å²) in [7, 11) is 2.03. The Bertz CT molecular complexity index is 354. The molecule has 18 heavy (non-hydrogen) atoms. The zero-order valence-electron chi connectivity index (χ0n) is 11.8. The van der Waals surface area contributed by atoms with E-state index < -0.39 is 0 Å². The molecule has 1 rings (SSSR count). The van der Waals surface area contributed by atoms with Gasteiger partial charge in [-0.15, -0.1) is 0 Å². The van der Waals surface area contributed by atoms with Crippen molar-refractivity contribution < 1.29 is 10.2 Å². The first-order chi connectivity index (χ1) is 8.38. The standard InChI is InChI=1S/C15H25NO2/c1-15(2,3)14(11-18)16(4)9-12-5-7-13(10-17)8-6-12/h5-8,14,17-18H,9-11H2,1-4H3. The van der Waals surface area contributed by atoms with Crippen LogP contribution in [0.1, 0.15) is 31.9 Å². The molecule has 102 valence electrons. The van der Waals surface area contributed by atoms with Crippen molar-refractivity contribution in [3.05, 3.63) is 35.4 Å². The highest BCUT2D eigenvalue weighted by Gasteiger charge is 2.27. The summed E-state index contributed by atoms with van der Waals surface area (Å²) in [6.07, 6.45) is 0. The molecule has 0 amide bonds. The van der Waals surface area contributed by atoms with Crippen molar-refractivity contribution in [1.82, 2.24) is 4.90 Å². The molecule has 0 bridgehead atoms. The average molecular weight is 251 g/mol. The van der Waals surface area contributed by atoms with E-state index in [1.807, 2.05) is 31.3 Å². The molecule has 3 nitrogen and oxygen atoms in total. The van der Waals surface area contributed by atoms with Gasteiger partial charge < -0.3 is 10.2 Å². The number of nitrogens with zero attached hydrogens (tertiary/aromatic N) is 1. The number of rotatable bonds is 5. The van der Waals surface area contributed by atoms with Gasteiger partial charge in [-0.2, -0.15) is 0 Å². The molecule has 1 aromatic rings. The predicted octanol–water partition coefficient (Wildman–Crippen LogP) is 2.02. The van der Waals surface area contributed by atoms with Crippen molar-refractivity contribution in [2.75, 3.05) is 13.7 Å². The van der Waals surface area contributed by atoms with Gasteiger partial charge in [-0.3, -0.25) is 4.90 Å². The van der Waals surface area contributed by atoms with E-state index in [1.165, 1.54) is 5.56 Å². The Morgan fingerprint density at radius 1 is 1.06 bits per heavy atom. The second kappa shape index (κ2) is 6.32. The lowest BCUT2D eigenvalue weighted by atomic mass is 9.86. The topological polar surface area (TPSA) is 43.7 Å². The molecule has 0 spiro atoms. The maximum Gasteiger partial charge on any atom is 0.0681 e. The van der Waals surface area contributed by atoms with E-state index in [9.17, 15) is 5.11 Å². The minimum Gasteiger partial charge on any atom is -0.395 e. The van der Waals surface area contributed by atoms with Gasteiger partial charge in [0.15, 0.2) is 0 Å². The minimum atomic E-state index is 0.0501. The predicted molar refractivity (Wildman–Crippen MR) is 74.2 cm³/mol. The molecular formula is C15H25NO2. The number of aliphatic hydroxyl groups excluding tert-OH is 2. The quantitative estimate of drug-likeness (QED) is 0.841. The summed E-state index contributed by atoms with van der Waals surface area (Å²) >= 11 is 0. The van der Waals surface area contributed by atoms with Crippen molar-refractivity contribution in [2.45, 2.75) is 40.0 Å². The first-order valence-electron chi connectivity index (χ1n) is 6.38. The molecule has 2 N–H and O–H groups in total. The Balaban J connectivity index is 2.70. The molecule has 1 atom stereocenters. The van der Waals surface area contributed by atoms with Gasteiger partial charge in [-0.05, 0) is 23.6 Å². The number of hydrogen-bond donors (Lipinski definition) is 2. The Morgan fingerprint density at radius 2 is 1.56 bits per heavy atom. The molecule has 1 unspecified atom stereocenters. The highest BCUT2D eigenvalue weighted by Crippen LogP contribution is 2.24. The van der Waals surface area contributed by atoms with Crippen molar-refractivity contribution in [2.24, 2.45) is 5.41 Å². The van der Waals surface area contributed by atoms with Gasteiger partial charge in [0.1, 0.15) is 0 Å². The summed E-state index contributed by atoms with van der Waals surface area (Å²) in [5.41, 5.74) is 2.17. The third-order valence-corrected chi connectivity index (χ3v) is 3.34. The van der Waals surface area contributed by atoms with Crippen molar-refractivity contribution in [1.29, 1.82) is 0 Å². The zero-order valence-corrected chi connectivity index (χ0v) is 11.8. The Morgan fingerprint density at radius 3 is 1.94 bits per heavy atom. The molecule has 0 saturated heterocycles. The van der Waals surface area contributed by atoms with Crippen molar-refractivity contribution in [3.8, 4) is 0 Å². The minimum absolute atomic E-state index is 0.0501. The van der Waals surface area contributed by atoms with Crippen LogP contribution >= 0.6 is 0 Å². The van der Waals surface area contributed by atoms with Crippen LogP contribution in [0.25, 0.3) is 0 Å². The van der Waals surface area contributed by atoms with Crippen LogP contribution in [0, 0.1) is 5.41 Å². The van der Waals surface area contributed by atoms with Gasteiger partial charge in [-0.25, -0.2) is 0 Å². The van der Waals surface area contributed by atoms with E-state index >= 15 is 0 Å². The van der Waals surface area contributed by atoms with Gasteiger partial charge in [0, 0.05) is 12.6 Å². The van der Waals surface area contributed by atoms with Gasteiger partial charge >= 0.3 is 0 Å². The van der Waals surface area contributed by atoms with Crippen LogP contribution in [-0.4, -0.2) is 34.8 Å². The van der Waals surface area contributed by atoms with Crippen molar-refractivity contribution >= 4 is 0 Å². The summed E-state index contributed by atoms with van der Waals surface area (Å²) in [6, 6.07) is 8.07. The molecule has 3 heteroatoms. The van der Waals surface area contributed by atoms with E-state index in [0.717, 1.165) is 12.1 Å². The second-order valence-corrected chi connectivity index (χ2v) is 5.95. The second-order valence-electron chi connectivity index (χ2n) is 5.95. The fraction of sp³-hybridized carbons (Fsp3) is 0.600. The van der Waals surface area contributed by atoms with Gasteiger partial charge in [0.05, 0.1) is 13.2 Å². The molecule has 0 aliphatic carbocycles. The van der Waals surface area contributed by atoms with Crippen LogP contribution in [0.3, 0.4) is 0 Å². The van der Waals surface area contributed by atoms with Crippen LogP contribution < -0.4 is 0 Å². The van der Waals surface area contributed by atoms with Crippen LogP contribution in [0.5, 0.6) is 0 Å². The van der Waals surface area contributed by atoms with E-state index in [1.54, 1.807) is 0 Å². The van der Waals surface area contributed by atoms with Crippen LogP contribution in [0.4, 0.5) is 0 Å². The summed E-state index contributed by atoms with van der Waals surface area (Å²) < 4.78 is 0. The summed E-state index contributed by atoms with van der Waals surface area (Å²) in [4.78, 5) is 2.17. The number of aliphatic hydroxyl groups is 2. The van der Waals surface area contributed by atoms with Gasteiger partial charge in [0.2, 0.25) is 0 Å². The van der Waals surface area contributed by atoms with Crippen LogP contribution in [0.2, 0.25) is 0 Å². The maximum atomic E-state index is 9.52. The molecular weight excluding hydrogens is 226 g/mol. The number of benzene rings is 1. The molecule has 0 fully saturated rings. The largest absolute Gasteiger partial charge is 0.395 e. The Kier molecular flexibility index (Phi) is 5.32. The molecule has 0 radical (unpaired) electrons. The monoisotopic (exact) mass is 251 g/mol. The average Bonchev–Trinajstić information content (AvgIpc) is 2.29. The van der Waals surface area contributed by atoms with Crippen LogP contribution in [0.15, 0.2) is 24.3 Å².